The molecule has 176 valence electrons. The molecule has 2 N–H and O–H groups in total. The predicted molar refractivity (Wildman–Crippen MR) is 128 cm³/mol. The average Bonchev–Trinajstić information content (AvgIpc) is 3.25. The molecule has 1 saturated heterocycles. The molecule has 0 spiro atoms. The molecule has 5 rings (SSSR count). The zero-order chi connectivity index (χ0) is 24.8. The average molecular weight is 469 g/mol. The van der Waals surface area contributed by atoms with Crippen LogP contribution in [0.2, 0.25) is 0 Å². The minimum Gasteiger partial charge on any atom is -0.341 e. The highest BCUT2D eigenvalue weighted by molar-refractivity contribution is 5.94. The van der Waals surface area contributed by atoms with Gasteiger partial charge in [-0.3, -0.25) is 19.5 Å². The van der Waals surface area contributed by atoms with Crippen LogP contribution in [0.15, 0.2) is 36.8 Å². The molecule has 5 heterocycles. The Kier molecular flexibility index (Phi) is 7.24. The van der Waals surface area contributed by atoms with E-state index in [9.17, 15) is 9.59 Å². The maximum Gasteiger partial charge on any atom is 0.228 e. The Hall–Kier alpha value is -4.41. The number of nitrogens with zero attached hydrogens (tertiary/aromatic N) is 6. The van der Waals surface area contributed by atoms with Crippen molar-refractivity contribution in [1.82, 2.24) is 24.8 Å². The number of carbonyl (C=O) groups is 2. The Morgan fingerprint density at radius 2 is 2.06 bits per heavy atom. The molecule has 1 fully saturated rings. The minimum absolute atomic E-state index is 0.0270. The number of likely N-dealkylation sites (tertiary alicyclic amines) is 1. The Labute approximate surface area is 202 Å². The predicted octanol–water partition coefficient (Wildman–Crippen LogP) is 3.35. The van der Waals surface area contributed by atoms with E-state index in [1.54, 1.807) is 18.6 Å². The van der Waals surface area contributed by atoms with Gasteiger partial charge in [0.25, 0.3) is 0 Å². The first kappa shape index (κ1) is 23.7. The molecule has 2 aliphatic heterocycles. The molecule has 3 aromatic rings. The van der Waals surface area contributed by atoms with Gasteiger partial charge in [-0.05, 0) is 37.6 Å². The molecular formula is C25H24N8O2. The fourth-order valence-corrected chi connectivity index (χ4v) is 4.33. The van der Waals surface area contributed by atoms with Gasteiger partial charge >= 0.3 is 0 Å². The molecule has 2 aliphatic rings. The van der Waals surface area contributed by atoms with Gasteiger partial charge in [0.2, 0.25) is 5.78 Å². The molecule has 0 saturated carbocycles. The third-order valence-corrected chi connectivity index (χ3v) is 5.85. The van der Waals surface area contributed by atoms with Crippen molar-refractivity contribution in [3.05, 3.63) is 42.6 Å². The van der Waals surface area contributed by atoms with Crippen LogP contribution in [0.1, 0.15) is 37.9 Å². The van der Waals surface area contributed by atoms with Gasteiger partial charge in [-0.15, -0.1) is 0 Å². The van der Waals surface area contributed by atoms with Crippen LogP contribution >= 0.6 is 0 Å². The summed E-state index contributed by atoms with van der Waals surface area (Å²) in [5.74, 6) is 1.43. The number of hydrogen-bond acceptors (Lipinski definition) is 9. The van der Waals surface area contributed by atoms with E-state index in [4.69, 9.17) is 15.5 Å². The van der Waals surface area contributed by atoms with Crippen molar-refractivity contribution in [3.8, 4) is 34.7 Å². The highest BCUT2D eigenvalue weighted by atomic mass is 16.1. The first-order chi connectivity index (χ1) is 17.0. The van der Waals surface area contributed by atoms with Crippen molar-refractivity contribution in [2.45, 2.75) is 32.1 Å². The zero-order valence-electron chi connectivity index (χ0n) is 19.3. The number of H-pyrrole nitrogens is 1. The normalized spacial score (nSPS) is 15.9. The Bertz CT molecular complexity index is 1270. The smallest absolute Gasteiger partial charge is 0.228 e. The summed E-state index contributed by atoms with van der Waals surface area (Å²) in [6.07, 6.45) is 7.31. The summed E-state index contributed by atoms with van der Waals surface area (Å²) in [5, 5.41) is 19.7. The van der Waals surface area contributed by atoms with Crippen LogP contribution < -0.4 is 5.32 Å². The second-order valence-electron chi connectivity index (χ2n) is 8.41. The Balaban J connectivity index is 0.000000527. The lowest BCUT2D eigenvalue weighted by molar-refractivity contribution is -0.119. The molecule has 35 heavy (non-hydrogen) atoms. The molecule has 1 unspecified atom stereocenters. The number of fused-ring (bicyclic) bond motifs is 5. The van der Waals surface area contributed by atoms with Crippen LogP contribution in [0, 0.1) is 22.7 Å². The number of hydrogen-bond donors (Lipinski definition) is 2. The zero-order valence-corrected chi connectivity index (χ0v) is 19.3. The fourth-order valence-electron chi connectivity index (χ4n) is 4.33. The molecule has 10 heteroatoms. The summed E-state index contributed by atoms with van der Waals surface area (Å²) in [6.45, 7) is 3.18. The molecule has 3 aromatic heterocycles. The fraction of sp³-hybridized carbons (Fsp3) is 0.320. The van der Waals surface area contributed by atoms with Crippen LogP contribution in [-0.4, -0.2) is 56.0 Å². The van der Waals surface area contributed by atoms with Gasteiger partial charge in [-0.2, -0.15) is 10.5 Å². The lowest BCUT2D eigenvalue weighted by Crippen LogP contribution is -2.38. The number of pyridine rings is 2. The number of ketones is 2. The number of carbonyl (C=O) groups excluding carboxylic acids is 2. The van der Waals surface area contributed by atoms with E-state index in [0.717, 1.165) is 65.8 Å². The summed E-state index contributed by atoms with van der Waals surface area (Å²) in [5.41, 5.74) is 4.68. The summed E-state index contributed by atoms with van der Waals surface area (Å²) in [7, 11) is 0. The van der Waals surface area contributed by atoms with E-state index >= 15 is 0 Å². The van der Waals surface area contributed by atoms with Crippen molar-refractivity contribution in [2.24, 2.45) is 0 Å². The van der Waals surface area contributed by atoms with Crippen LogP contribution in [0.3, 0.4) is 0 Å². The maximum absolute atomic E-state index is 11.9. The van der Waals surface area contributed by atoms with Gasteiger partial charge < -0.3 is 10.3 Å². The number of nitrogens with one attached hydrogen (secondary N) is 2. The summed E-state index contributed by atoms with van der Waals surface area (Å²) in [4.78, 5) is 40.8. The SMILES string of the molecule is CC(=O)C#N.N#CCC(=O)CN1CCCC(c2nc3c([nH]2)-c2ccncc2Nc2ncccc2-3)C1. The van der Waals surface area contributed by atoms with Gasteiger partial charge in [0.05, 0.1) is 36.6 Å². The van der Waals surface area contributed by atoms with Crippen molar-refractivity contribution in [2.75, 3.05) is 25.0 Å². The monoisotopic (exact) mass is 468 g/mol. The van der Waals surface area contributed by atoms with E-state index in [-0.39, 0.29) is 18.1 Å². The number of Topliss-reactive ketones (excluding diaryl/α,β-unsaturated/α-hetero) is 2. The summed E-state index contributed by atoms with van der Waals surface area (Å²) >= 11 is 0. The second-order valence-corrected chi connectivity index (χ2v) is 8.41. The van der Waals surface area contributed by atoms with E-state index in [2.05, 4.69) is 25.2 Å². The van der Waals surface area contributed by atoms with Crippen LogP contribution in [0.5, 0.6) is 0 Å². The first-order valence-electron chi connectivity index (χ1n) is 11.3. The van der Waals surface area contributed by atoms with Crippen LogP contribution in [0.4, 0.5) is 11.5 Å². The van der Waals surface area contributed by atoms with Gasteiger partial charge in [0, 0.05) is 42.9 Å². The number of aromatic amines is 1. The van der Waals surface area contributed by atoms with E-state index < -0.39 is 5.78 Å². The summed E-state index contributed by atoms with van der Waals surface area (Å²) < 4.78 is 0. The number of anilines is 2. The van der Waals surface area contributed by atoms with Crippen molar-refractivity contribution < 1.29 is 9.59 Å². The second kappa shape index (κ2) is 10.7. The molecule has 0 amide bonds. The highest BCUT2D eigenvalue weighted by Gasteiger charge is 2.29. The third kappa shape index (κ3) is 5.40. The lowest BCUT2D eigenvalue weighted by Gasteiger charge is -2.31. The number of piperidine rings is 1. The number of aromatic nitrogens is 4. The highest BCUT2D eigenvalue weighted by Crippen LogP contribution is 2.42. The molecule has 0 radical (unpaired) electrons. The molecule has 0 aromatic carbocycles. The van der Waals surface area contributed by atoms with E-state index in [0.29, 0.717) is 6.54 Å². The third-order valence-electron chi connectivity index (χ3n) is 5.85. The van der Waals surface area contributed by atoms with Crippen molar-refractivity contribution >= 4 is 23.1 Å². The van der Waals surface area contributed by atoms with Gasteiger partial charge in [-0.25, -0.2) is 9.97 Å². The number of imidazole rings is 1. The molecule has 0 bridgehead atoms. The van der Waals surface area contributed by atoms with Gasteiger partial charge in [0.15, 0.2) is 5.78 Å². The molecular weight excluding hydrogens is 444 g/mol. The van der Waals surface area contributed by atoms with Crippen LogP contribution in [0.25, 0.3) is 22.5 Å². The number of nitriles is 2. The van der Waals surface area contributed by atoms with E-state index in [1.165, 1.54) is 13.0 Å². The first-order valence-corrected chi connectivity index (χ1v) is 11.3. The Morgan fingerprint density at radius 3 is 2.83 bits per heavy atom. The largest absolute Gasteiger partial charge is 0.341 e. The van der Waals surface area contributed by atoms with Crippen molar-refractivity contribution in [3.63, 3.8) is 0 Å². The number of rotatable bonds is 4. The Morgan fingerprint density at radius 1 is 1.23 bits per heavy atom. The molecule has 1 atom stereocenters. The standard InChI is InChI=1S/C22H21N7O.C3H3NO/c23-7-5-15(30)13-29-10-2-3-14(12-29)21-27-19-16-6-9-24-11-18(16)26-22-17(20(19)28-21)4-1-8-25-22;1-3(5)2-4/h1,4,6,8-9,11,14H,2-3,5,10,12-13H2,(H,25,26)(H,27,28);1H3. The minimum atomic E-state index is -0.440. The van der Waals surface area contributed by atoms with Crippen molar-refractivity contribution in [1.29, 1.82) is 10.5 Å². The maximum atomic E-state index is 11.9. The molecule has 10 nitrogen and oxygen atoms in total. The lowest BCUT2D eigenvalue weighted by atomic mass is 9.97. The quantitative estimate of drug-likeness (QED) is 0.429. The summed E-state index contributed by atoms with van der Waals surface area (Å²) in [6, 6.07) is 9.24. The van der Waals surface area contributed by atoms with E-state index in [1.807, 2.05) is 24.3 Å². The van der Waals surface area contributed by atoms with Crippen LogP contribution in [-0.2, 0) is 9.59 Å². The topological polar surface area (TPSA) is 151 Å². The van der Waals surface area contributed by atoms with Gasteiger partial charge in [-0.1, -0.05) is 0 Å². The van der Waals surface area contributed by atoms with Gasteiger partial charge in [0.1, 0.15) is 23.4 Å². The molecule has 0 aliphatic carbocycles.